The Labute approximate surface area is 203 Å². The minimum Gasteiger partial charge on any atom is -0.467 e. The van der Waals surface area contributed by atoms with E-state index in [1.54, 1.807) is 45.0 Å². The van der Waals surface area contributed by atoms with Crippen LogP contribution < -0.4 is 0 Å². The second kappa shape index (κ2) is 11.5. The first kappa shape index (κ1) is 26.7. The average Bonchev–Trinajstić information content (AvgIpc) is 2.92. The summed E-state index contributed by atoms with van der Waals surface area (Å²) in [5.41, 5.74) is -0.0295. The maximum absolute atomic E-state index is 12.7. The number of halogens is 2. The molecule has 0 radical (unpaired) electrons. The quantitative estimate of drug-likeness (QED) is 0.441. The number of hydrogen-bond donors (Lipinski definition) is 0. The van der Waals surface area contributed by atoms with Crippen LogP contribution in [0.1, 0.15) is 39.2 Å². The third-order valence-corrected chi connectivity index (χ3v) is 5.57. The Balaban J connectivity index is 2.09. The van der Waals surface area contributed by atoms with Crippen LogP contribution in [0.5, 0.6) is 0 Å². The van der Waals surface area contributed by atoms with E-state index in [1.165, 1.54) is 23.0 Å². The lowest BCUT2D eigenvalue weighted by atomic mass is 10.1. The van der Waals surface area contributed by atoms with Crippen LogP contribution in [0.3, 0.4) is 0 Å². The number of amides is 2. The van der Waals surface area contributed by atoms with E-state index < -0.39 is 23.6 Å². The first-order valence-corrected chi connectivity index (χ1v) is 11.2. The molecule has 0 spiro atoms. The number of carbonyl (C=O) groups is 4. The molecule has 33 heavy (non-hydrogen) atoms. The van der Waals surface area contributed by atoms with E-state index in [1.807, 2.05) is 0 Å². The zero-order valence-electron chi connectivity index (χ0n) is 19.1. The largest absolute Gasteiger partial charge is 0.467 e. The van der Waals surface area contributed by atoms with E-state index in [9.17, 15) is 19.2 Å². The van der Waals surface area contributed by atoms with Gasteiger partial charge in [-0.05, 0) is 44.5 Å². The molecule has 1 aliphatic heterocycles. The summed E-state index contributed by atoms with van der Waals surface area (Å²) < 4.78 is 10.1. The fourth-order valence-corrected chi connectivity index (χ4v) is 3.58. The summed E-state index contributed by atoms with van der Waals surface area (Å²) in [5.74, 6) is -1.98. The highest BCUT2D eigenvalue weighted by atomic mass is 35.5. The molecule has 8 nitrogen and oxygen atoms in total. The van der Waals surface area contributed by atoms with Crippen molar-refractivity contribution in [3.8, 4) is 0 Å². The molecule has 0 aliphatic carbocycles. The van der Waals surface area contributed by atoms with Gasteiger partial charge in [0.2, 0.25) is 11.8 Å². The molecule has 1 heterocycles. The Morgan fingerprint density at radius 2 is 1.82 bits per heavy atom. The van der Waals surface area contributed by atoms with Gasteiger partial charge in [-0.25, -0.2) is 4.79 Å². The van der Waals surface area contributed by atoms with Gasteiger partial charge in [0.1, 0.15) is 11.6 Å². The molecule has 0 unspecified atom stereocenters. The van der Waals surface area contributed by atoms with Crippen LogP contribution >= 0.6 is 23.2 Å². The molecular formula is C23H28Cl2N2O6. The Morgan fingerprint density at radius 3 is 2.42 bits per heavy atom. The predicted octanol–water partition coefficient (Wildman–Crippen LogP) is 3.34. The predicted molar refractivity (Wildman–Crippen MR) is 125 cm³/mol. The number of rotatable bonds is 6. The van der Waals surface area contributed by atoms with Crippen LogP contribution in [0.2, 0.25) is 10.0 Å². The third-order valence-electron chi connectivity index (χ3n) is 4.83. The van der Waals surface area contributed by atoms with Crippen molar-refractivity contribution in [3.63, 3.8) is 0 Å². The lowest BCUT2D eigenvalue weighted by molar-refractivity contribution is -0.163. The van der Waals surface area contributed by atoms with Gasteiger partial charge in [-0.1, -0.05) is 29.3 Å². The van der Waals surface area contributed by atoms with Crippen molar-refractivity contribution in [1.29, 1.82) is 0 Å². The highest BCUT2D eigenvalue weighted by Crippen LogP contribution is 2.23. The zero-order valence-corrected chi connectivity index (χ0v) is 20.6. The van der Waals surface area contributed by atoms with Crippen LogP contribution in [0, 0.1) is 0 Å². The Morgan fingerprint density at radius 1 is 1.12 bits per heavy atom. The standard InChI is InChI=1S/C23H28Cl2N2O6/c1-23(2,3)33-21(30)14-18(22(31)32-4)27-12-11-26(10-9-20(27)29)19(28)8-6-15-5-7-16(24)17(25)13-15/h5-8,13,18H,9-12,14H2,1-4H3/b8-6+/t18-/m0/s1. The molecule has 0 bridgehead atoms. The smallest absolute Gasteiger partial charge is 0.329 e. The van der Waals surface area contributed by atoms with Gasteiger partial charge < -0.3 is 19.3 Å². The molecule has 0 aromatic heterocycles. The molecule has 1 atom stereocenters. The third kappa shape index (κ3) is 8.05. The van der Waals surface area contributed by atoms with Crippen molar-refractivity contribution in [3.05, 3.63) is 39.9 Å². The van der Waals surface area contributed by atoms with E-state index in [0.717, 1.165) is 0 Å². The van der Waals surface area contributed by atoms with Gasteiger partial charge in [-0.15, -0.1) is 0 Å². The highest BCUT2D eigenvalue weighted by molar-refractivity contribution is 6.42. The summed E-state index contributed by atoms with van der Waals surface area (Å²) in [6.07, 6.45) is 2.67. The van der Waals surface area contributed by atoms with Crippen LogP contribution in [0.25, 0.3) is 6.08 Å². The van der Waals surface area contributed by atoms with Gasteiger partial charge in [-0.3, -0.25) is 14.4 Å². The highest BCUT2D eigenvalue weighted by Gasteiger charge is 2.36. The van der Waals surface area contributed by atoms with Crippen molar-refractivity contribution in [2.24, 2.45) is 0 Å². The van der Waals surface area contributed by atoms with Crippen LogP contribution in [-0.2, 0) is 28.7 Å². The monoisotopic (exact) mass is 498 g/mol. The summed E-state index contributed by atoms with van der Waals surface area (Å²) in [6.45, 7) is 5.59. The van der Waals surface area contributed by atoms with Gasteiger partial charge >= 0.3 is 11.9 Å². The average molecular weight is 499 g/mol. The maximum Gasteiger partial charge on any atom is 0.329 e. The van der Waals surface area contributed by atoms with Gasteiger partial charge in [0, 0.05) is 32.1 Å². The Kier molecular flexibility index (Phi) is 9.31. The summed E-state index contributed by atoms with van der Waals surface area (Å²) in [6, 6.07) is 3.87. The van der Waals surface area contributed by atoms with Gasteiger partial charge in [0.15, 0.2) is 0 Å². The lowest BCUT2D eigenvalue weighted by Gasteiger charge is -2.29. The van der Waals surface area contributed by atoms with Crippen LogP contribution in [0.15, 0.2) is 24.3 Å². The van der Waals surface area contributed by atoms with Crippen molar-refractivity contribution in [2.45, 2.75) is 45.3 Å². The topological polar surface area (TPSA) is 93.2 Å². The molecule has 10 heteroatoms. The molecule has 2 amide bonds. The molecule has 1 aromatic rings. The SMILES string of the molecule is COC(=O)[C@H](CC(=O)OC(C)(C)C)N1CCN(C(=O)/C=C/c2ccc(Cl)c(Cl)c2)CCC1=O. The second-order valence-corrected chi connectivity index (χ2v) is 9.31. The molecule has 180 valence electrons. The number of carbonyl (C=O) groups excluding carboxylic acids is 4. The fourth-order valence-electron chi connectivity index (χ4n) is 3.28. The summed E-state index contributed by atoms with van der Waals surface area (Å²) >= 11 is 11.9. The maximum atomic E-state index is 12.7. The van der Waals surface area contributed by atoms with Crippen LogP contribution in [0.4, 0.5) is 0 Å². The number of nitrogens with zero attached hydrogens (tertiary/aromatic N) is 2. The van der Waals surface area contributed by atoms with E-state index in [4.69, 9.17) is 32.7 Å². The number of ether oxygens (including phenoxy) is 2. The number of methoxy groups -OCH3 is 1. The normalized spacial score (nSPS) is 15.9. The number of esters is 2. The summed E-state index contributed by atoms with van der Waals surface area (Å²) in [7, 11) is 1.19. The molecule has 1 fully saturated rings. The first-order chi connectivity index (χ1) is 15.4. The van der Waals surface area contributed by atoms with Gasteiger partial charge in [0.25, 0.3) is 0 Å². The second-order valence-electron chi connectivity index (χ2n) is 8.50. The minimum atomic E-state index is -1.13. The van der Waals surface area contributed by atoms with E-state index in [2.05, 4.69) is 0 Å². The minimum absolute atomic E-state index is 0.00810. The van der Waals surface area contributed by atoms with Crippen molar-refractivity contribution >= 4 is 53.0 Å². The van der Waals surface area contributed by atoms with Gasteiger partial charge in [0.05, 0.1) is 23.6 Å². The van der Waals surface area contributed by atoms with Crippen molar-refractivity contribution in [2.75, 3.05) is 26.7 Å². The Hall–Kier alpha value is -2.58. The van der Waals surface area contributed by atoms with E-state index in [0.29, 0.717) is 15.6 Å². The summed E-state index contributed by atoms with van der Waals surface area (Å²) in [4.78, 5) is 52.9. The van der Waals surface area contributed by atoms with Crippen molar-refractivity contribution in [1.82, 2.24) is 9.80 Å². The zero-order chi connectivity index (χ0) is 24.8. The lowest BCUT2D eigenvalue weighted by Crippen LogP contribution is -2.48. The molecule has 2 rings (SSSR count). The molecule has 1 aromatic carbocycles. The summed E-state index contributed by atoms with van der Waals surface area (Å²) in [5, 5.41) is 0.791. The molecule has 1 aliphatic rings. The van der Waals surface area contributed by atoms with Crippen molar-refractivity contribution < 1.29 is 28.7 Å². The number of hydrogen-bond acceptors (Lipinski definition) is 6. The van der Waals surface area contributed by atoms with E-state index >= 15 is 0 Å². The van der Waals surface area contributed by atoms with Gasteiger partial charge in [-0.2, -0.15) is 0 Å². The fraction of sp³-hybridized carbons (Fsp3) is 0.478. The van der Waals surface area contributed by atoms with Crippen LogP contribution in [-0.4, -0.2) is 71.9 Å². The molecule has 0 saturated carbocycles. The molecule has 1 saturated heterocycles. The Bertz CT molecular complexity index is 941. The van der Waals surface area contributed by atoms with E-state index in [-0.39, 0.29) is 44.3 Å². The number of benzene rings is 1. The molecular weight excluding hydrogens is 471 g/mol. The molecule has 0 N–H and O–H groups in total. The first-order valence-electron chi connectivity index (χ1n) is 10.4.